The molecule has 0 aromatic heterocycles. The van der Waals surface area contributed by atoms with Crippen molar-refractivity contribution >= 4 is 11.9 Å². The van der Waals surface area contributed by atoms with Crippen LogP contribution in [0.25, 0.3) is 0 Å². The van der Waals surface area contributed by atoms with Crippen LogP contribution in [0.15, 0.2) is 0 Å². The molecule has 5 nitrogen and oxygen atoms in total. The number of esters is 2. The Bertz CT molecular complexity index is 254. The average Bonchev–Trinajstić information content (AvgIpc) is 2.37. The molecule has 0 aliphatic rings. The number of rotatable bonds is 7. The molecule has 0 aliphatic carbocycles. The van der Waals surface area contributed by atoms with E-state index in [9.17, 15) is 9.59 Å². The number of methoxy groups -OCH3 is 2. The van der Waals surface area contributed by atoms with Gasteiger partial charge in [0, 0.05) is 6.04 Å². The van der Waals surface area contributed by atoms with Crippen molar-refractivity contribution in [3.63, 3.8) is 0 Å². The van der Waals surface area contributed by atoms with E-state index in [1.54, 1.807) is 0 Å². The van der Waals surface area contributed by atoms with E-state index in [0.717, 1.165) is 0 Å². The summed E-state index contributed by atoms with van der Waals surface area (Å²) in [6.45, 7) is 3.84. The topological polar surface area (TPSA) is 55.8 Å². The molecule has 0 heterocycles. The predicted molar refractivity (Wildman–Crippen MR) is 69.1 cm³/mol. The molecule has 106 valence electrons. The van der Waals surface area contributed by atoms with Crippen molar-refractivity contribution in [3.05, 3.63) is 0 Å². The van der Waals surface area contributed by atoms with Gasteiger partial charge in [-0.15, -0.1) is 0 Å². The Morgan fingerprint density at radius 2 is 1.28 bits per heavy atom. The molecule has 0 aliphatic heterocycles. The van der Waals surface area contributed by atoms with E-state index in [1.165, 1.54) is 14.2 Å². The molecule has 18 heavy (non-hydrogen) atoms. The van der Waals surface area contributed by atoms with Crippen LogP contribution in [0.2, 0.25) is 0 Å². The molecular formula is C13H25NO4. The highest BCUT2D eigenvalue weighted by molar-refractivity contribution is 5.77. The third kappa shape index (κ3) is 3.98. The second-order valence-electron chi connectivity index (χ2n) is 4.53. The first-order chi connectivity index (χ1) is 8.44. The van der Waals surface area contributed by atoms with E-state index in [4.69, 9.17) is 9.47 Å². The molecule has 0 fully saturated rings. The standard InChI is InChI=1S/C13H25NO4/c1-7-9(12(15)17-5)11(14(3)4)10(8-2)13(16)18-6/h9-11H,7-8H2,1-6H3. The predicted octanol–water partition coefficient (Wildman–Crippen LogP) is 1.31. The van der Waals surface area contributed by atoms with Crippen molar-refractivity contribution in [2.24, 2.45) is 11.8 Å². The largest absolute Gasteiger partial charge is 0.469 e. The van der Waals surface area contributed by atoms with Gasteiger partial charge in [0.15, 0.2) is 0 Å². The highest BCUT2D eigenvalue weighted by Crippen LogP contribution is 2.25. The first kappa shape index (κ1) is 16.9. The number of hydrogen-bond donors (Lipinski definition) is 0. The van der Waals surface area contributed by atoms with Crippen LogP contribution in [-0.4, -0.2) is 51.2 Å². The van der Waals surface area contributed by atoms with E-state index in [0.29, 0.717) is 12.8 Å². The van der Waals surface area contributed by atoms with Gasteiger partial charge in [0.2, 0.25) is 0 Å². The molecule has 0 aromatic carbocycles. The Morgan fingerprint density at radius 3 is 1.44 bits per heavy atom. The van der Waals surface area contributed by atoms with Gasteiger partial charge in [-0.05, 0) is 26.9 Å². The summed E-state index contributed by atoms with van der Waals surface area (Å²) in [5.74, 6) is -1.21. The van der Waals surface area contributed by atoms with E-state index in [1.807, 2.05) is 32.8 Å². The Hall–Kier alpha value is -1.10. The third-order valence-corrected chi connectivity index (χ3v) is 3.31. The minimum Gasteiger partial charge on any atom is -0.469 e. The van der Waals surface area contributed by atoms with E-state index in [-0.39, 0.29) is 29.8 Å². The van der Waals surface area contributed by atoms with E-state index < -0.39 is 0 Å². The lowest BCUT2D eigenvalue weighted by atomic mass is 9.84. The zero-order chi connectivity index (χ0) is 14.3. The molecule has 0 aromatic rings. The molecule has 0 bridgehead atoms. The molecule has 2 atom stereocenters. The fourth-order valence-electron chi connectivity index (χ4n) is 2.40. The van der Waals surface area contributed by atoms with Crippen LogP contribution < -0.4 is 0 Å². The maximum atomic E-state index is 11.8. The van der Waals surface area contributed by atoms with Crippen LogP contribution in [-0.2, 0) is 19.1 Å². The van der Waals surface area contributed by atoms with Crippen LogP contribution in [0.4, 0.5) is 0 Å². The first-order valence-corrected chi connectivity index (χ1v) is 6.26. The molecule has 0 N–H and O–H groups in total. The SMILES string of the molecule is CCC(C(=O)OC)C(C(CC)C(=O)OC)N(C)C. The van der Waals surface area contributed by atoms with Gasteiger partial charge in [-0.3, -0.25) is 9.59 Å². The van der Waals surface area contributed by atoms with E-state index >= 15 is 0 Å². The average molecular weight is 259 g/mol. The summed E-state index contributed by atoms with van der Waals surface area (Å²) < 4.78 is 9.65. The Morgan fingerprint density at radius 1 is 0.944 bits per heavy atom. The van der Waals surface area contributed by atoms with Gasteiger partial charge in [-0.1, -0.05) is 13.8 Å². The molecule has 0 spiro atoms. The maximum Gasteiger partial charge on any atom is 0.310 e. The number of ether oxygens (including phenoxy) is 2. The molecule has 0 saturated carbocycles. The normalized spacial score (nSPS) is 15.9. The lowest BCUT2D eigenvalue weighted by Gasteiger charge is -2.34. The van der Waals surface area contributed by atoms with Crippen molar-refractivity contribution in [2.45, 2.75) is 32.7 Å². The zero-order valence-electron chi connectivity index (χ0n) is 12.2. The number of carbonyl (C=O) groups is 2. The summed E-state index contributed by atoms with van der Waals surface area (Å²) in [5.41, 5.74) is 0. The Kier molecular flexibility index (Phi) is 7.59. The highest BCUT2D eigenvalue weighted by Gasteiger charge is 2.38. The van der Waals surface area contributed by atoms with Gasteiger partial charge in [-0.25, -0.2) is 0 Å². The summed E-state index contributed by atoms with van der Waals surface area (Å²) in [6, 6.07) is -0.208. The van der Waals surface area contributed by atoms with Gasteiger partial charge < -0.3 is 14.4 Å². The van der Waals surface area contributed by atoms with Crippen molar-refractivity contribution in [1.82, 2.24) is 4.90 Å². The number of nitrogens with zero attached hydrogens (tertiary/aromatic N) is 1. The lowest BCUT2D eigenvalue weighted by molar-refractivity contribution is -0.154. The third-order valence-electron chi connectivity index (χ3n) is 3.31. The minimum atomic E-state index is -0.325. The summed E-state index contributed by atoms with van der Waals surface area (Å²) >= 11 is 0. The molecule has 0 amide bonds. The fraction of sp³-hybridized carbons (Fsp3) is 0.846. The second kappa shape index (κ2) is 8.08. The van der Waals surface area contributed by atoms with Crippen molar-refractivity contribution in [1.29, 1.82) is 0 Å². The highest BCUT2D eigenvalue weighted by atomic mass is 16.5. The van der Waals surface area contributed by atoms with Crippen LogP contribution in [0.1, 0.15) is 26.7 Å². The zero-order valence-corrected chi connectivity index (χ0v) is 12.2. The van der Waals surface area contributed by atoms with Crippen molar-refractivity contribution < 1.29 is 19.1 Å². The number of carbonyl (C=O) groups excluding carboxylic acids is 2. The van der Waals surface area contributed by atoms with Gasteiger partial charge in [0.05, 0.1) is 26.1 Å². The molecule has 0 rings (SSSR count). The van der Waals surface area contributed by atoms with Gasteiger partial charge in [0.1, 0.15) is 0 Å². The van der Waals surface area contributed by atoms with Crippen molar-refractivity contribution in [2.75, 3.05) is 28.3 Å². The Labute approximate surface area is 109 Å². The van der Waals surface area contributed by atoms with Gasteiger partial charge in [-0.2, -0.15) is 0 Å². The van der Waals surface area contributed by atoms with Crippen LogP contribution in [0.5, 0.6) is 0 Å². The van der Waals surface area contributed by atoms with Crippen molar-refractivity contribution in [3.8, 4) is 0 Å². The van der Waals surface area contributed by atoms with Crippen LogP contribution >= 0.6 is 0 Å². The number of hydrogen-bond acceptors (Lipinski definition) is 5. The smallest absolute Gasteiger partial charge is 0.310 e. The second-order valence-corrected chi connectivity index (χ2v) is 4.53. The van der Waals surface area contributed by atoms with Gasteiger partial charge in [0.25, 0.3) is 0 Å². The van der Waals surface area contributed by atoms with Crippen LogP contribution in [0.3, 0.4) is 0 Å². The summed E-state index contributed by atoms with van der Waals surface area (Å²) in [7, 11) is 6.47. The minimum absolute atomic E-state index is 0.208. The quantitative estimate of drug-likeness (QED) is 0.645. The summed E-state index contributed by atoms with van der Waals surface area (Å²) in [5, 5.41) is 0. The molecule has 0 radical (unpaired) electrons. The molecule has 2 unspecified atom stereocenters. The lowest BCUT2D eigenvalue weighted by Crippen LogP contribution is -2.47. The summed E-state index contributed by atoms with van der Waals surface area (Å²) in [6.07, 6.45) is 1.26. The summed E-state index contributed by atoms with van der Waals surface area (Å²) in [4.78, 5) is 25.5. The maximum absolute atomic E-state index is 11.8. The molecular weight excluding hydrogens is 234 g/mol. The first-order valence-electron chi connectivity index (χ1n) is 6.26. The van der Waals surface area contributed by atoms with Gasteiger partial charge >= 0.3 is 11.9 Å². The Balaban J connectivity index is 5.24. The fourth-order valence-corrected chi connectivity index (χ4v) is 2.40. The van der Waals surface area contributed by atoms with E-state index in [2.05, 4.69) is 0 Å². The molecule has 0 saturated heterocycles. The monoisotopic (exact) mass is 259 g/mol. The van der Waals surface area contributed by atoms with Crippen LogP contribution in [0, 0.1) is 11.8 Å². The molecule has 5 heteroatoms.